The van der Waals surface area contributed by atoms with E-state index in [9.17, 15) is 14.4 Å². The lowest BCUT2D eigenvalue weighted by molar-refractivity contribution is -0.136. The number of rotatable bonds is 5. The van der Waals surface area contributed by atoms with Crippen molar-refractivity contribution in [1.82, 2.24) is 20.4 Å². The second-order valence-corrected chi connectivity index (χ2v) is 7.96. The lowest BCUT2D eigenvalue weighted by atomic mass is 10.0. The van der Waals surface area contributed by atoms with Gasteiger partial charge >= 0.3 is 0 Å². The molecule has 150 valence electrons. The number of nitrogens with zero attached hydrogens (tertiary/aromatic N) is 2. The van der Waals surface area contributed by atoms with Gasteiger partial charge in [0.25, 0.3) is 5.91 Å². The van der Waals surface area contributed by atoms with Gasteiger partial charge in [0.2, 0.25) is 11.8 Å². The van der Waals surface area contributed by atoms with Crippen LogP contribution in [0.4, 0.5) is 0 Å². The average molecular weight is 384 g/mol. The third-order valence-corrected chi connectivity index (χ3v) is 6.15. The minimum absolute atomic E-state index is 0.100. The smallest absolute Gasteiger partial charge is 0.255 e. The molecule has 2 N–H and O–H groups in total. The molecule has 28 heavy (non-hydrogen) atoms. The van der Waals surface area contributed by atoms with Crippen LogP contribution in [-0.2, 0) is 22.7 Å². The van der Waals surface area contributed by atoms with Gasteiger partial charge in [-0.05, 0) is 30.0 Å². The molecule has 7 nitrogen and oxygen atoms in total. The van der Waals surface area contributed by atoms with Crippen LogP contribution < -0.4 is 10.6 Å². The molecule has 2 unspecified atom stereocenters. The SMILES string of the molecule is CCCC1CNCCN1Cc1cccc2c1CN(C1CCC(=O)NC1=O)C2=O. The Morgan fingerprint density at radius 1 is 1.21 bits per heavy atom. The largest absolute Gasteiger partial charge is 0.322 e. The maximum absolute atomic E-state index is 13.0. The zero-order chi connectivity index (χ0) is 19.7. The van der Waals surface area contributed by atoms with Crippen LogP contribution in [-0.4, -0.2) is 59.2 Å². The molecular formula is C21H28N4O3. The summed E-state index contributed by atoms with van der Waals surface area (Å²) >= 11 is 0. The quantitative estimate of drug-likeness (QED) is 0.741. The molecule has 4 rings (SSSR count). The van der Waals surface area contributed by atoms with Crippen molar-refractivity contribution in [1.29, 1.82) is 0 Å². The van der Waals surface area contributed by atoms with Gasteiger partial charge in [-0.25, -0.2) is 0 Å². The molecule has 2 saturated heterocycles. The Bertz CT molecular complexity index is 792. The van der Waals surface area contributed by atoms with E-state index in [-0.39, 0.29) is 24.1 Å². The molecule has 1 aromatic rings. The van der Waals surface area contributed by atoms with E-state index in [1.807, 2.05) is 12.1 Å². The number of carbonyl (C=O) groups excluding carboxylic acids is 3. The molecule has 3 aliphatic heterocycles. The first-order valence-corrected chi connectivity index (χ1v) is 10.3. The molecule has 3 heterocycles. The summed E-state index contributed by atoms with van der Waals surface area (Å²) < 4.78 is 0. The monoisotopic (exact) mass is 384 g/mol. The highest BCUT2D eigenvalue weighted by molar-refractivity contribution is 6.05. The van der Waals surface area contributed by atoms with Crippen molar-refractivity contribution in [3.63, 3.8) is 0 Å². The minimum atomic E-state index is -0.558. The first kappa shape index (κ1) is 19.1. The molecule has 0 radical (unpaired) electrons. The van der Waals surface area contributed by atoms with E-state index in [0.29, 0.717) is 24.6 Å². The van der Waals surface area contributed by atoms with Crippen LogP contribution >= 0.6 is 0 Å². The zero-order valence-corrected chi connectivity index (χ0v) is 16.4. The number of imide groups is 1. The predicted molar refractivity (Wildman–Crippen MR) is 104 cm³/mol. The molecule has 0 bridgehead atoms. The highest BCUT2D eigenvalue weighted by Gasteiger charge is 2.40. The van der Waals surface area contributed by atoms with Crippen molar-refractivity contribution in [3.05, 3.63) is 34.9 Å². The molecular weight excluding hydrogens is 356 g/mol. The van der Waals surface area contributed by atoms with Crippen LogP contribution in [0.3, 0.4) is 0 Å². The highest BCUT2D eigenvalue weighted by Crippen LogP contribution is 2.31. The van der Waals surface area contributed by atoms with E-state index in [4.69, 9.17) is 0 Å². The van der Waals surface area contributed by atoms with E-state index in [1.54, 1.807) is 4.90 Å². The Labute approximate surface area is 165 Å². The number of benzene rings is 1. The van der Waals surface area contributed by atoms with E-state index in [2.05, 4.69) is 28.5 Å². The summed E-state index contributed by atoms with van der Waals surface area (Å²) in [6.07, 6.45) is 2.99. The maximum Gasteiger partial charge on any atom is 0.255 e. The number of piperazine rings is 1. The molecule has 3 aliphatic rings. The molecule has 7 heteroatoms. The zero-order valence-electron chi connectivity index (χ0n) is 16.4. The van der Waals surface area contributed by atoms with E-state index >= 15 is 0 Å². The topological polar surface area (TPSA) is 81.8 Å². The first-order valence-electron chi connectivity index (χ1n) is 10.3. The van der Waals surface area contributed by atoms with Crippen LogP contribution in [0.2, 0.25) is 0 Å². The van der Waals surface area contributed by atoms with Crippen molar-refractivity contribution in [3.8, 4) is 0 Å². The second kappa shape index (κ2) is 8.01. The van der Waals surface area contributed by atoms with Crippen molar-refractivity contribution < 1.29 is 14.4 Å². The summed E-state index contributed by atoms with van der Waals surface area (Å²) in [5, 5.41) is 5.84. The van der Waals surface area contributed by atoms with Gasteiger partial charge in [-0.3, -0.25) is 24.6 Å². The molecule has 0 saturated carbocycles. The average Bonchev–Trinajstić information content (AvgIpc) is 3.01. The number of hydrogen-bond donors (Lipinski definition) is 2. The summed E-state index contributed by atoms with van der Waals surface area (Å²) in [5.74, 6) is -0.715. The first-order chi connectivity index (χ1) is 13.6. The second-order valence-electron chi connectivity index (χ2n) is 7.96. The normalized spacial score (nSPS) is 25.8. The number of fused-ring (bicyclic) bond motifs is 1. The minimum Gasteiger partial charge on any atom is -0.322 e. The summed E-state index contributed by atoms with van der Waals surface area (Å²) in [6.45, 7) is 6.47. The Balaban J connectivity index is 1.54. The Hall–Kier alpha value is -2.25. The van der Waals surface area contributed by atoms with Crippen molar-refractivity contribution in [2.75, 3.05) is 19.6 Å². The van der Waals surface area contributed by atoms with Gasteiger partial charge in [0.15, 0.2) is 0 Å². The number of carbonyl (C=O) groups is 3. The summed E-state index contributed by atoms with van der Waals surface area (Å²) in [6, 6.07) is 5.85. The van der Waals surface area contributed by atoms with Gasteiger partial charge in [0.05, 0.1) is 0 Å². The van der Waals surface area contributed by atoms with Crippen LogP contribution in [0.15, 0.2) is 18.2 Å². The Morgan fingerprint density at radius 3 is 2.86 bits per heavy atom. The fourth-order valence-corrected chi connectivity index (χ4v) is 4.65. The van der Waals surface area contributed by atoms with Gasteiger partial charge in [0.1, 0.15) is 6.04 Å². The van der Waals surface area contributed by atoms with Crippen LogP contribution in [0.5, 0.6) is 0 Å². The Kier molecular flexibility index (Phi) is 5.46. The standard InChI is InChI=1S/C21H28N4O3/c1-2-4-15-11-22-9-10-24(15)12-14-5-3-6-16-17(14)13-25(21(16)28)18-7-8-19(26)23-20(18)27/h3,5-6,15,18,22H,2,4,7-13H2,1H3,(H,23,26,27). The number of piperidine rings is 1. The van der Waals surface area contributed by atoms with Gasteiger partial charge < -0.3 is 10.2 Å². The third-order valence-electron chi connectivity index (χ3n) is 6.15. The molecule has 2 atom stereocenters. The lowest BCUT2D eigenvalue weighted by Gasteiger charge is -2.36. The van der Waals surface area contributed by atoms with Crippen molar-refractivity contribution in [2.24, 2.45) is 0 Å². The molecule has 0 spiro atoms. The predicted octanol–water partition coefficient (Wildman–Crippen LogP) is 1.02. The molecule has 2 fully saturated rings. The number of amides is 3. The van der Waals surface area contributed by atoms with Crippen LogP contribution in [0.25, 0.3) is 0 Å². The van der Waals surface area contributed by atoms with Crippen molar-refractivity contribution in [2.45, 2.75) is 57.8 Å². The van der Waals surface area contributed by atoms with Gasteiger partial charge in [-0.15, -0.1) is 0 Å². The highest BCUT2D eigenvalue weighted by atomic mass is 16.2. The molecule has 0 aromatic heterocycles. The molecule has 0 aliphatic carbocycles. The maximum atomic E-state index is 13.0. The summed E-state index contributed by atoms with van der Waals surface area (Å²) in [4.78, 5) is 40.8. The number of hydrogen-bond acceptors (Lipinski definition) is 5. The van der Waals surface area contributed by atoms with E-state index < -0.39 is 6.04 Å². The van der Waals surface area contributed by atoms with Crippen molar-refractivity contribution >= 4 is 17.7 Å². The molecule has 3 amide bonds. The molecule has 1 aromatic carbocycles. The van der Waals surface area contributed by atoms with Crippen LogP contribution in [0, 0.1) is 0 Å². The van der Waals surface area contributed by atoms with E-state index in [1.165, 1.54) is 5.56 Å². The van der Waals surface area contributed by atoms with E-state index in [0.717, 1.165) is 44.6 Å². The summed E-state index contributed by atoms with van der Waals surface area (Å²) in [5.41, 5.74) is 2.90. The van der Waals surface area contributed by atoms with Gasteiger partial charge in [-0.1, -0.05) is 25.5 Å². The Morgan fingerprint density at radius 2 is 2.07 bits per heavy atom. The third kappa shape index (κ3) is 3.56. The number of nitrogens with one attached hydrogen (secondary N) is 2. The van der Waals surface area contributed by atoms with Gasteiger partial charge in [-0.2, -0.15) is 0 Å². The van der Waals surface area contributed by atoms with Crippen LogP contribution in [0.1, 0.15) is 54.1 Å². The summed E-state index contributed by atoms with van der Waals surface area (Å²) in [7, 11) is 0. The lowest BCUT2D eigenvalue weighted by Crippen LogP contribution is -2.52. The van der Waals surface area contributed by atoms with Gasteiger partial charge in [0, 0.05) is 50.7 Å². The fourth-order valence-electron chi connectivity index (χ4n) is 4.65. The fraction of sp³-hybridized carbons (Fsp3) is 0.571.